The number of aryl methyl sites for hydroxylation is 1. The zero-order valence-corrected chi connectivity index (χ0v) is 13.6. The van der Waals surface area contributed by atoms with Crippen LogP contribution in [0.3, 0.4) is 0 Å². The summed E-state index contributed by atoms with van der Waals surface area (Å²) in [5.74, 6) is 0.176. The molecule has 0 amide bonds. The van der Waals surface area contributed by atoms with Crippen LogP contribution in [-0.2, 0) is 10.0 Å². The van der Waals surface area contributed by atoms with Gasteiger partial charge >= 0.3 is 0 Å². The van der Waals surface area contributed by atoms with Gasteiger partial charge in [-0.15, -0.1) is 0 Å². The van der Waals surface area contributed by atoms with Gasteiger partial charge in [-0.1, -0.05) is 19.9 Å². The van der Waals surface area contributed by atoms with Crippen molar-refractivity contribution in [3.05, 3.63) is 35.7 Å². The molecule has 8 nitrogen and oxygen atoms in total. The third kappa shape index (κ3) is 2.87. The monoisotopic (exact) mass is 333 g/mol. The summed E-state index contributed by atoms with van der Waals surface area (Å²) in [6.07, 6.45) is 1.52. The normalized spacial score (nSPS) is 12.0. The van der Waals surface area contributed by atoms with Gasteiger partial charge in [0.05, 0.1) is 0 Å². The molecule has 0 spiro atoms. The van der Waals surface area contributed by atoms with Crippen molar-refractivity contribution in [3.8, 4) is 0 Å². The van der Waals surface area contributed by atoms with E-state index in [-0.39, 0.29) is 22.3 Å². The maximum atomic E-state index is 12.7. The van der Waals surface area contributed by atoms with E-state index < -0.39 is 10.0 Å². The number of benzene rings is 1. The first kappa shape index (κ1) is 15.3. The number of nitrogens with zero attached hydrogens (tertiary/aromatic N) is 4. The minimum Gasteiger partial charge on any atom is -0.247 e. The van der Waals surface area contributed by atoms with Gasteiger partial charge in [0.25, 0.3) is 10.0 Å². The van der Waals surface area contributed by atoms with Crippen molar-refractivity contribution in [1.82, 2.24) is 20.3 Å². The van der Waals surface area contributed by atoms with Gasteiger partial charge < -0.3 is 0 Å². The molecule has 0 bridgehead atoms. The van der Waals surface area contributed by atoms with E-state index in [2.05, 4.69) is 29.6 Å². The number of hydrogen-bond donors (Lipinski definition) is 1. The summed E-state index contributed by atoms with van der Waals surface area (Å²) in [5, 5.41) is 7.36. The highest BCUT2D eigenvalue weighted by Crippen LogP contribution is 2.25. The second-order valence-electron chi connectivity index (χ2n) is 5.41. The highest BCUT2D eigenvalue weighted by Gasteiger charge is 2.24. The molecule has 23 heavy (non-hydrogen) atoms. The Morgan fingerprint density at radius 2 is 1.96 bits per heavy atom. The summed E-state index contributed by atoms with van der Waals surface area (Å²) in [4.78, 5) is 8.20. The molecule has 0 aliphatic rings. The molecule has 120 valence electrons. The minimum atomic E-state index is -3.92. The van der Waals surface area contributed by atoms with Gasteiger partial charge in [0, 0.05) is 11.9 Å². The third-order valence-electron chi connectivity index (χ3n) is 3.34. The van der Waals surface area contributed by atoms with Gasteiger partial charge in [0.2, 0.25) is 5.95 Å². The number of rotatable bonds is 4. The SMILES string of the molecule is Cc1ccc2nonc2c1S(=O)(=O)Nc1nccc(C(C)C)n1. The minimum absolute atomic E-state index is 0.00907. The number of hydrogen-bond acceptors (Lipinski definition) is 7. The molecule has 1 aromatic carbocycles. The summed E-state index contributed by atoms with van der Waals surface area (Å²) in [7, 11) is -3.92. The Morgan fingerprint density at radius 3 is 2.70 bits per heavy atom. The molecule has 2 aromatic heterocycles. The molecule has 9 heteroatoms. The molecule has 0 aliphatic carbocycles. The van der Waals surface area contributed by atoms with Crippen LogP contribution in [0.5, 0.6) is 0 Å². The van der Waals surface area contributed by atoms with Crippen LogP contribution in [0.15, 0.2) is 33.9 Å². The first-order valence-electron chi connectivity index (χ1n) is 6.96. The van der Waals surface area contributed by atoms with Crippen LogP contribution in [0.4, 0.5) is 5.95 Å². The summed E-state index contributed by atoms with van der Waals surface area (Å²) in [6, 6.07) is 5.04. The Bertz CT molecular complexity index is 965. The topological polar surface area (TPSA) is 111 Å². The number of anilines is 1. The van der Waals surface area contributed by atoms with E-state index in [1.165, 1.54) is 6.20 Å². The summed E-state index contributed by atoms with van der Waals surface area (Å²) in [6.45, 7) is 5.60. The second-order valence-corrected chi connectivity index (χ2v) is 7.03. The van der Waals surface area contributed by atoms with Gasteiger partial charge in [-0.2, -0.15) is 0 Å². The molecular formula is C14H15N5O3S. The first-order chi connectivity index (χ1) is 10.9. The summed E-state index contributed by atoms with van der Waals surface area (Å²) >= 11 is 0. The largest absolute Gasteiger partial charge is 0.266 e. The van der Waals surface area contributed by atoms with E-state index in [4.69, 9.17) is 0 Å². The van der Waals surface area contributed by atoms with E-state index in [1.54, 1.807) is 25.1 Å². The lowest BCUT2D eigenvalue weighted by molar-refractivity contribution is 0.315. The molecule has 0 unspecified atom stereocenters. The van der Waals surface area contributed by atoms with Gasteiger partial charge in [-0.25, -0.2) is 27.7 Å². The molecule has 0 fully saturated rings. The van der Waals surface area contributed by atoms with E-state index in [0.717, 1.165) is 5.69 Å². The second kappa shape index (κ2) is 5.58. The molecule has 0 aliphatic heterocycles. The lowest BCUT2D eigenvalue weighted by atomic mass is 10.1. The molecule has 0 radical (unpaired) electrons. The van der Waals surface area contributed by atoms with E-state index in [0.29, 0.717) is 11.1 Å². The quantitative estimate of drug-likeness (QED) is 0.779. The Hall–Kier alpha value is -2.55. The summed E-state index contributed by atoms with van der Waals surface area (Å²) < 4.78 is 32.5. The number of fused-ring (bicyclic) bond motifs is 1. The standard InChI is InChI=1S/C14H15N5O3S/c1-8(2)10-6-7-15-14(16-10)19-23(20,21)13-9(3)4-5-11-12(13)18-22-17-11/h4-8H,1-3H3,(H,15,16,19). The fourth-order valence-electron chi connectivity index (χ4n) is 2.18. The highest BCUT2D eigenvalue weighted by atomic mass is 32.2. The summed E-state index contributed by atoms with van der Waals surface area (Å²) in [5.41, 5.74) is 1.82. The van der Waals surface area contributed by atoms with Crippen LogP contribution in [0.25, 0.3) is 11.0 Å². The Morgan fingerprint density at radius 1 is 1.17 bits per heavy atom. The zero-order valence-electron chi connectivity index (χ0n) is 12.8. The van der Waals surface area contributed by atoms with Crippen LogP contribution in [0, 0.1) is 6.92 Å². The third-order valence-corrected chi connectivity index (χ3v) is 4.85. The molecule has 0 saturated heterocycles. The maximum Gasteiger partial charge on any atom is 0.266 e. The number of nitrogens with one attached hydrogen (secondary N) is 1. The fraction of sp³-hybridized carbons (Fsp3) is 0.286. The maximum absolute atomic E-state index is 12.7. The van der Waals surface area contributed by atoms with Crippen molar-refractivity contribution >= 4 is 27.0 Å². The van der Waals surface area contributed by atoms with Gasteiger partial charge in [0.1, 0.15) is 10.4 Å². The van der Waals surface area contributed by atoms with E-state index >= 15 is 0 Å². The van der Waals surface area contributed by atoms with Crippen molar-refractivity contribution in [2.45, 2.75) is 31.6 Å². The highest BCUT2D eigenvalue weighted by molar-refractivity contribution is 7.93. The number of sulfonamides is 1. The van der Waals surface area contributed by atoms with Crippen LogP contribution >= 0.6 is 0 Å². The van der Waals surface area contributed by atoms with Gasteiger partial charge in [-0.05, 0) is 40.9 Å². The van der Waals surface area contributed by atoms with Crippen molar-refractivity contribution < 1.29 is 13.0 Å². The average Bonchev–Trinajstić information content (AvgIpc) is 2.94. The van der Waals surface area contributed by atoms with Crippen molar-refractivity contribution in [1.29, 1.82) is 0 Å². The molecule has 1 N–H and O–H groups in total. The Balaban J connectivity index is 2.06. The predicted molar refractivity (Wildman–Crippen MR) is 83.5 cm³/mol. The van der Waals surface area contributed by atoms with Crippen LogP contribution in [0.2, 0.25) is 0 Å². The smallest absolute Gasteiger partial charge is 0.247 e. The fourth-order valence-corrected chi connectivity index (χ4v) is 3.51. The molecule has 0 atom stereocenters. The Labute approximate surface area is 133 Å². The molecule has 2 heterocycles. The Kier molecular flexibility index (Phi) is 3.72. The van der Waals surface area contributed by atoms with Gasteiger partial charge in [-0.3, -0.25) is 0 Å². The molecular weight excluding hydrogens is 318 g/mol. The molecule has 0 saturated carbocycles. The van der Waals surface area contributed by atoms with Crippen molar-refractivity contribution in [2.75, 3.05) is 4.72 Å². The first-order valence-corrected chi connectivity index (χ1v) is 8.44. The van der Waals surface area contributed by atoms with Crippen molar-refractivity contribution in [2.24, 2.45) is 0 Å². The average molecular weight is 333 g/mol. The van der Waals surface area contributed by atoms with E-state index in [1.807, 2.05) is 13.8 Å². The zero-order chi connectivity index (χ0) is 16.6. The van der Waals surface area contributed by atoms with Crippen molar-refractivity contribution in [3.63, 3.8) is 0 Å². The van der Waals surface area contributed by atoms with Gasteiger partial charge in [0.15, 0.2) is 5.52 Å². The lowest BCUT2D eigenvalue weighted by Gasteiger charge is -2.10. The van der Waals surface area contributed by atoms with Crippen LogP contribution in [0.1, 0.15) is 31.0 Å². The number of aromatic nitrogens is 4. The lowest BCUT2D eigenvalue weighted by Crippen LogP contribution is -2.17. The predicted octanol–water partition coefficient (Wildman–Crippen LogP) is 2.25. The van der Waals surface area contributed by atoms with Crippen LogP contribution in [-0.4, -0.2) is 28.7 Å². The molecule has 3 rings (SSSR count). The molecule has 3 aromatic rings. The van der Waals surface area contributed by atoms with E-state index in [9.17, 15) is 8.42 Å². The van der Waals surface area contributed by atoms with Crippen LogP contribution < -0.4 is 4.72 Å².